The molecule has 9 heteroatoms. The zero-order valence-electron chi connectivity index (χ0n) is 17.0. The summed E-state index contributed by atoms with van der Waals surface area (Å²) < 4.78 is 6.80. The van der Waals surface area contributed by atoms with Crippen molar-refractivity contribution in [1.82, 2.24) is 25.1 Å². The van der Waals surface area contributed by atoms with Gasteiger partial charge in [-0.2, -0.15) is 9.78 Å². The van der Waals surface area contributed by atoms with E-state index in [1.807, 2.05) is 13.0 Å². The lowest BCUT2D eigenvalue weighted by Gasteiger charge is -2.11. The van der Waals surface area contributed by atoms with Crippen molar-refractivity contribution < 1.29 is 14.6 Å². The van der Waals surface area contributed by atoms with E-state index in [2.05, 4.69) is 40.3 Å². The van der Waals surface area contributed by atoms with Crippen LogP contribution < -0.4 is 5.32 Å². The molecule has 2 N–H and O–H groups in total. The lowest BCUT2D eigenvalue weighted by Crippen LogP contribution is -2.32. The minimum absolute atomic E-state index is 0.170. The van der Waals surface area contributed by atoms with E-state index in [-0.39, 0.29) is 19.1 Å². The third kappa shape index (κ3) is 4.69. The lowest BCUT2D eigenvalue weighted by molar-refractivity contribution is 0.0909. The quantitative estimate of drug-likeness (QED) is 0.586. The largest absolute Gasteiger partial charge is 0.391 e. The van der Waals surface area contributed by atoms with Crippen LogP contribution in [-0.2, 0) is 11.3 Å². The summed E-state index contributed by atoms with van der Waals surface area (Å²) >= 11 is 1.72. The van der Waals surface area contributed by atoms with Gasteiger partial charge < -0.3 is 15.2 Å². The topological polar surface area (TPSA) is 102 Å². The Kier molecular flexibility index (Phi) is 6.73. The average Bonchev–Trinajstić information content (AvgIpc) is 3.28. The molecule has 1 amide bonds. The molecule has 3 aromatic heterocycles. The number of aryl methyl sites for hydroxylation is 2. The number of ether oxygens (including phenoxy) is 1. The van der Waals surface area contributed by atoms with Gasteiger partial charge in [0.1, 0.15) is 0 Å². The molecule has 0 saturated heterocycles. The fourth-order valence-electron chi connectivity index (χ4n) is 2.95. The Bertz CT molecular complexity index is 998. The van der Waals surface area contributed by atoms with E-state index >= 15 is 0 Å². The van der Waals surface area contributed by atoms with Crippen molar-refractivity contribution in [2.45, 2.75) is 39.9 Å². The Labute approximate surface area is 173 Å². The lowest BCUT2D eigenvalue weighted by atomic mass is 10.2. The van der Waals surface area contributed by atoms with Gasteiger partial charge in [0.2, 0.25) is 0 Å². The number of amides is 1. The number of thiophene rings is 1. The van der Waals surface area contributed by atoms with Gasteiger partial charge in [-0.05, 0) is 32.4 Å². The van der Waals surface area contributed by atoms with Crippen LogP contribution in [-0.4, -0.2) is 50.5 Å². The number of hydrogen-bond acceptors (Lipinski definition) is 7. The summed E-state index contributed by atoms with van der Waals surface area (Å²) in [4.78, 5) is 24.0. The van der Waals surface area contributed by atoms with Gasteiger partial charge in [0.15, 0.2) is 0 Å². The second-order valence-corrected chi connectivity index (χ2v) is 8.15. The Hall–Kier alpha value is -2.62. The van der Waals surface area contributed by atoms with Crippen LogP contribution in [0.3, 0.4) is 0 Å². The number of aromatic nitrogens is 4. The van der Waals surface area contributed by atoms with Gasteiger partial charge in [0.05, 0.1) is 35.9 Å². The molecule has 0 radical (unpaired) electrons. The number of carbonyl (C=O) groups is 1. The van der Waals surface area contributed by atoms with Gasteiger partial charge in [-0.3, -0.25) is 4.79 Å². The molecule has 0 saturated carbocycles. The number of aliphatic hydroxyl groups is 1. The first-order chi connectivity index (χ1) is 13.9. The molecule has 0 spiro atoms. The molecule has 3 aromatic rings. The van der Waals surface area contributed by atoms with Crippen LogP contribution in [0.15, 0.2) is 24.5 Å². The van der Waals surface area contributed by atoms with E-state index in [9.17, 15) is 9.90 Å². The molecule has 3 rings (SSSR count). The first-order valence-electron chi connectivity index (χ1n) is 9.37. The molecular weight excluding hydrogens is 390 g/mol. The molecule has 29 heavy (non-hydrogen) atoms. The van der Waals surface area contributed by atoms with Gasteiger partial charge in [0.25, 0.3) is 11.9 Å². The van der Waals surface area contributed by atoms with Crippen LogP contribution in [0, 0.1) is 13.8 Å². The van der Waals surface area contributed by atoms with E-state index < -0.39 is 6.10 Å². The number of methoxy groups -OCH3 is 1. The molecule has 0 unspecified atom stereocenters. The maximum Gasteiger partial charge on any atom is 0.254 e. The summed E-state index contributed by atoms with van der Waals surface area (Å²) in [7, 11) is 1.55. The number of nitrogens with zero attached hydrogens (tertiary/aromatic N) is 4. The minimum Gasteiger partial charge on any atom is -0.391 e. The Morgan fingerprint density at radius 2 is 2.21 bits per heavy atom. The number of aliphatic hydroxyl groups excluding tert-OH is 1. The number of nitrogens with one attached hydrogen (secondary N) is 1. The summed E-state index contributed by atoms with van der Waals surface area (Å²) in [6.45, 7) is 6.32. The van der Waals surface area contributed by atoms with Crippen molar-refractivity contribution in [2.24, 2.45) is 0 Å². The van der Waals surface area contributed by atoms with Gasteiger partial charge in [-0.1, -0.05) is 6.92 Å². The first-order valence-corrected chi connectivity index (χ1v) is 10.2. The van der Waals surface area contributed by atoms with Crippen molar-refractivity contribution in [3.05, 3.63) is 45.5 Å². The molecular formula is C20H25N5O3S. The van der Waals surface area contributed by atoms with Gasteiger partial charge in [-0.25, -0.2) is 9.97 Å². The highest BCUT2D eigenvalue weighted by Gasteiger charge is 2.20. The van der Waals surface area contributed by atoms with E-state index in [1.165, 1.54) is 20.6 Å². The van der Waals surface area contributed by atoms with E-state index in [0.29, 0.717) is 23.6 Å². The van der Waals surface area contributed by atoms with Crippen LogP contribution in [0.5, 0.6) is 0 Å². The second kappa shape index (κ2) is 9.25. The van der Waals surface area contributed by atoms with Crippen molar-refractivity contribution in [3.63, 3.8) is 0 Å². The van der Waals surface area contributed by atoms with Crippen molar-refractivity contribution in [1.29, 1.82) is 0 Å². The summed E-state index contributed by atoms with van der Waals surface area (Å²) in [5.74, 6) is 0.0432. The molecule has 0 bridgehead atoms. The fourth-order valence-corrected chi connectivity index (χ4v) is 3.88. The highest BCUT2D eigenvalue weighted by Crippen LogP contribution is 2.29. The predicted octanol–water partition coefficient (Wildman–Crippen LogP) is 2.65. The molecule has 0 aromatic carbocycles. The molecule has 3 heterocycles. The molecule has 1 atom stereocenters. The van der Waals surface area contributed by atoms with Crippen LogP contribution in [0.4, 0.5) is 0 Å². The van der Waals surface area contributed by atoms with Crippen molar-refractivity contribution in [2.75, 3.05) is 13.7 Å². The monoisotopic (exact) mass is 415 g/mol. The predicted molar refractivity (Wildman–Crippen MR) is 111 cm³/mol. The molecule has 0 aliphatic carbocycles. The highest BCUT2D eigenvalue weighted by molar-refractivity contribution is 7.12. The Balaban J connectivity index is 1.95. The molecule has 8 nitrogen and oxygen atoms in total. The summed E-state index contributed by atoms with van der Waals surface area (Å²) in [6.07, 6.45) is 3.13. The maximum absolute atomic E-state index is 12.6. The normalized spacial score (nSPS) is 12.2. The third-order valence-corrected chi connectivity index (χ3v) is 5.48. The summed E-state index contributed by atoms with van der Waals surface area (Å²) in [5, 5.41) is 16.7. The van der Waals surface area contributed by atoms with E-state index in [0.717, 1.165) is 11.3 Å². The van der Waals surface area contributed by atoms with Crippen LogP contribution in [0.1, 0.15) is 39.2 Å². The second-order valence-electron chi connectivity index (χ2n) is 6.69. The zero-order chi connectivity index (χ0) is 21.0. The van der Waals surface area contributed by atoms with Gasteiger partial charge in [-0.15, -0.1) is 11.3 Å². The Morgan fingerprint density at radius 1 is 1.41 bits per heavy atom. The SMILES string of the molecule is CC[C@H](O)CNC(=O)c1cnn(-c2nccc(-c3cc(C)sc3C)n2)c1COC. The maximum atomic E-state index is 12.6. The smallest absolute Gasteiger partial charge is 0.254 e. The van der Waals surface area contributed by atoms with Gasteiger partial charge in [0, 0.05) is 35.2 Å². The molecule has 0 aliphatic rings. The van der Waals surface area contributed by atoms with Crippen LogP contribution >= 0.6 is 11.3 Å². The average molecular weight is 416 g/mol. The van der Waals surface area contributed by atoms with Gasteiger partial charge >= 0.3 is 0 Å². The number of carbonyl (C=O) groups excluding carboxylic acids is 1. The summed E-state index contributed by atoms with van der Waals surface area (Å²) in [6, 6.07) is 3.96. The van der Waals surface area contributed by atoms with E-state index in [1.54, 1.807) is 24.6 Å². The number of rotatable bonds is 8. The summed E-state index contributed by atoms with van der Waals surface area (Å²) in [5.41, 5.74) is 2.77. The zero-order valence-corrected chi connectivity index (χ0v) is 17.8. The fraction of sp³-hybridized carbons (Fsp3) is 0.400. The molecule has 154 valence electrons. The molecule has 0 aliphatic heterocycles. The van der Waals surface area contributed by atoms with Crippen LogP contribution in [0.2, 0.25) is 0 Å². The minimum atomic E-state index is -0.586. The third-order valence-electron chi connectivity index (χ3n) is 4.51. The number of hydrogen-bond donors (Lipinski definition) is 2. The van der Waals surface area contributed by atoms with Crippen LogP contribution in [0.25, 0.3) is 17.2 Å². The molecule has 0 fully saturated rings. The highest BCUT2D eigenvalue weighted by atomic mass is 32.1. The van der Waals surface area contributed by atoms with Crippen molar-refractivity contribution in [3.8, 4) is 17.2 Å². The van der Waals surface area contributed by atoms with Crippen molar-refractivity contribution >= 4 is 17.2 Å². The Morgan fingerprint density at radius 3 is 2.86 bits per heavy atom. The standard InChI is InChI=1S/C20H25N5O3S/c1-5-14(26)9-22-19(27)16-10-23-25(18(16)11-28-4)20-21-7-6-17(24-20)15-8-12(2)29-13(15)3/h6-8,10,14,26H,5,9,11H2,1-4H3,(H,22,27)/t14-/m0/s1. The van der Waals surface area contributed by atoms with E-state index in [4.69, 9.17) is 4.74 Å². The first kappa shape index (κ1) is 21.1.